The van der Waals surface area contributed by atoms with E-state index in [0.717, 1.165) is 25.8 Å². The molecule has 0 aliphatic rings. The maximum Gasteiger partial charge on any atom is 0.148 e. The van der Waals surface area contributed by atoms with Crippen LogP contribution in [-0.2, 0) is 0 Å². The predicted molar refractivity (Wildman–Crippen MR) is 79.4 cm³/mol. The third kappa shape index (κ3) is 3.75. The number of halogens is 1. The fourth-order valence-electron chi connectivity index (χ4n) is 2.08. The number of hydrogen-bond acceptors (Lipinski definition) is 3. The van der Waals surface area contributed by atoms with Gasteiger partial charge in [0.1, 0.15) is 11.6 Å². The number of nitrogens with two attached hydrogens (primary N) is 1. The van der Waals surface area contributed by atoms with E-state index in [1.807, 2.05) is 0 Å². The molecule has 1 aromatic rings. The highest BCUT2D eigenvalue weighted by Crippen LogP contribution is 2.32. The number of benzene rings is 1. The summed E-state index contributed by atoms with van der Waals surface area (Å²) in [6.07, 6.45) is 3.09. The van der Waals surface area contributed by atoms with Crippen LogP contribution < -0.4 is 15.4 Å². The Bertz CT molecular complexity index is 409. The van der Waals surface area contributed by atoms with Gasteiger partial charge in [-0.2, -0.15) is 0 Å². The van der Waals surface area contributed by atoms with Crippen LogP contribution in [0.2, 0.25) is 0 Å². The van der Waals surface area contributed by atoms with Crippen molar-refractivity contribution >= 4 is 11.4 Å². The van der Waals surface area contributed by atoms with E-state index < -0.39 is 0 Å². The second-order valence-electron chi connectivity index (χ2n) is 4.85. The summed E-state index contributed by atoms with van der Waals surface area (Å²) >= 11 is 0. The van der Waals surface area contributed by atoms with Crippen molar-refractivity contribution in [1.29, 1.82) is 0 Å². The van der Waals surface area contributed by atoms with Crippen LogP contribution in [0.4, 0.5) is 15.8 Å². The monoisotopic (exact) mass is 268 g/mol. The van der Waals surface area contributed by atoms with Gasteiger partial charge < -0.3 is 15.4 Å². The smallest absolute Gasteiger partial charge is 0.148 e. The van der Waals surface area contributed by atoms with Gasteiger partial charge in [0, 0.05) is 24.7 Å². The van der Waals surface area contributed by atoms with E-state index in [2.05, 4.69) is 25.7 Å². The zero-order valence-corrected chi connectivity index (χ0v) is 12.4. The minimum Gasteiger partial charge on any atom is -0.495 e. The molecule has 0 aliphatic carbocycles. The molecule has 19 heavy (non-hydrogen) atoms. The van der Waals surface area contributed by atoms with Crippen molar-refractivity contribution in [1.82, 2.24) is 0 Å². The van der Waals surface area contributed by atoms with Gasteiger partial charge in [-0.3, -0.25) is 0 Å². The van der Waals surface area contributed by atoms with Crippen LogP contribution in [0.3, 0.4) is 0 Å². The molecule has 1 rings (SSSR count). The van der Waals surface area contributed by atoms with Crippen molar-refractivity contribution in [3.63, 3.8) is 0 Å². The summed E-state index contributed by atoms with van der Waals surface area (Å²) in [6, 6.07) is 3.33. The van der Waals surface area contributed by atoms with E-state index in [9.17, 15) is 4.39 Å². The molecule has 3 nitrogen and oxygen atoms in total. The zero-order valence-electron chi connectivity index (χ0n) is 12.4. The summed E-state index contributed by atoms with van der Waals surface area (Å²) in [5.41, 5.74) is 6.64. The van der Waals surface area contributed by atoms with Gasteiger partial charge >= 0.3 is 0 Å². The molecular formula is C15H25FN2O. The Balaban J connectivity index is 3.13. The van der Waals surface area contributed by atoms with Crippen LogP contribution in [0.15, 0.2) is 12.1 Å². The molecule has 1 atom stereocenters. The van der Waals surface area contributed by atoms with E-state index in [4.69, 9.17) is 10.5 Å². The van der Waals surface area contributed by atoms with Crippen molar-refractivity contribution < 1.29 is 9.13 Å². The molecule has 0 radical (unpaired) electrons. The number of unbranched alkanes of at least 4 members (excludes halogenated alkanes) is 1. The molecular weight excluding hydrogens is 243 g/mol. The van der Waals surface area contributed by atoms with Gasteiger partial charge in [0.05, 0.1) is 18.5 Å². The molecule has 1 aromatic carbocycles. The first-order valence-corrected chi connectivity index (χ1v) is 6.94. The largest absolute Gasteiger partial charge is 0.495 e. The predicted octanol–water partition coefficient (Wildman–Crippen LogP) is 3.82. The number of anilines is 2. The minimum absolute atomic E-state index is 0.283. The van der Waals surface area contributed by atoms with Gasteiger partial charge in [0.2, 0.25) is 0 Å². The Morgan fingerprint density at radius 2 is 2.05 bits per heavy atom. The molecule has 0 aliphatic heterocycles. The summed E-state index contributed by atoms with van der Waals surface area (Å²) in [5, 5.41) is 0. The molecule has 108 valence electrons. The van der Waals surface area contributed by atoms with E-state index in [0.29, 0.717) is 17.1 Å². The lowest BCUT2D eigenvalue weighted by Crippen LogP contribution is -2.34. The molecule has 0 spiro atoms. The topological polar surface area (TPSA) is 38.5 Å². The van der Waals surface area contributed by atoms with Crippen LogP contribution in [0.5, 0.6) is 5.75 Å². The Morgan fingerprint density at radius 1 is 1.37 bits per heavy atom. The maximum absolute atomic E-state index is 14.2. The second-order valence-corrected chi connectivity index (χ2v) is 4.85. The van der Waals surface area contributed by atoms with Crippen LogP contribution in [0.1, 0.15) is 40.0 Å². The quantitative estimate of drug-likeness (QED) is 0.764. The third-order valence-corrected chi connectivity index (χ3v) is 3.48. The molecule has 0 heterocycles. The lowest BCUT2D eigenvalue weighted by Gasteiger charge is -2.31. The molecule has 1 unspecified atom stereocenters. The third-order valence-electron chi connectivity index (χ3n) is 3.48. The molecule has 0 amide bonds. The Kier molecular flexibility index (Phi) is 5.93. The number of nitrogen functional groups attached to an aromatic ring is 1. The van der Waals surface area contributed by atoms with Gasteiger partial charge in [0.25, 0.3) is 0 Å². The van der Waals surface area contributed by atoms with Crippen LogP contribution in [-0.4, -0.2) is 19.7 Å². The lowest BCUT2D eigenvalue weighted by atomic mass is 10.1. The fraction of sp³-hybridized carbons (Fsp3) is 0.600. The van der Waals surface area contributed by atoms with E-state index in [1.165, 1.54) is 6.07 Å². The summed E-state index contributed by atoms with van der Waals surface area (Å²) in [4.78, 5) is 2.10. The normalized spacial score (nSPS) is 12.3. The Morgan fingerprint density at radius 3 is 2.58 bits per heavy atom. The zero-order chi connectivity index (χ0) is 14.4. The number of nitrogens with zero attached hydrogens (tertiary/aromatic N) is 1. The van der Waals surface area contributed by atoms with Crippen LogP contribution in [0.25, 0.3) is 0 Å². The molecule has 0 fully saturated rings. The van der Waals surface area contributed by atoms with Crippen LogP contribution >= 0.6 is 0 Å². The fourth-order valence-corrected chi connectivity index (χ4v) is 2.08. The maximum atomic E-state index is 14.2. The van der Waals surface area contributed by atoms with Gasteiger partial charge in [-0.05, 0) is 19.8 Å². The SMILES string of the molecule is CCCCN(c1cc(OC)c(N)cc1F)C(C)CC. The molecule has 4 heteroatoms. The number of methoxy groups -OCH3 is 1. The summed E-state index contributed by atoms with van der Waals surface area (Å²) < 4.78 is 19.4. The van der Waals surface area contributed by atoms with E-state index in [-0.39, 0.29) is 11.9 Å². The number of rotatable bonds is 7. The number of ether oxygens (including phenoxy) is 1. The minimum atomic E-state index is -0.283. The standard InChI is InChI=1S/C15H25FN2O/c1-5-7-8-18(11(3)6-2)14-10-15(19-4)13(17)9-12(14)16/h9-11H,5-8,17H2,1-4H3. The summed E-state index contributed by atoms with van der Waals surface area (Å²) in [7, 11) is 1.55. The van der Waals surface area contributed by atoms with Gasteiger partial charge in [0.15, 0.2) is 0 Å². The first kappa shape index (κ1) is 15.6. The average Bonchev–Trinajstić information content (AvgIpc) is 2.40. The molecule has 2 N–H and O–H groups in total. The summed E-state index contributed by atoms with van der Waals surface area (Å²) in [6.45, 7) is 7.19. The highest BCUT2D eigenvalue weighted by molar-refractivity contribution is 5.63. The molecule has 0 aromatic heterocycles. The molecule has 0 saturated heterocycles. The van der Waals surface area contributed by atoms with Crippen molar-refractivity contribution in [2.75, 3.05) is 24.3 Å². The lowest BCUT2D eigenvalue weighted by molar-refractivity contribution is 0.415. The van der Waals surface area contributed by atoms with Crippen molar-refractivity contribution in [3.8, 4) is 5.75 Å². The first-order chi connectivity index (χ1) is 9.04. The van der Waals surface area contributed by atoms with E-state index >= 15 is 0 Å². The second kappa shape index (κ2) is 7.22. The van der Waals surface area contributed by atoms with Gasteiger partial charge in [-0.25, -0.2) is 4.39 Å². The first-order valence-electron chi connectivity index (χ1n) is 6.94. The van der Waals surface area contributed by atoms with Gasteiger partial charge in [-0.15, -0.1) is 0 Å². The van der Waals surface area contributed by atoms with Crippen LogP contribution in [0, 0.1) is 5.82 Å². The Labute approximate surface area is 115 Å². The average molecular weight is 268 g/mol. The summed E-state index contributed by atoms with van der Waals surface area (Å²) in [5.74, 6) is 0.246. The van der Waals surface area contributed by atoms with Crippen molar-refractivity contribution in [3.05, 3.63) is 17.9 Å². The highest BCUT2D eigenvalue weighted by Gasteiger charge is 2.18. The molecule has 0 saturated carbocycles. The van der Waals surface area contributed by atoms with Crippen molar-refractivity contribution in [2.45, 2.75) is 46.1 Å². The molecule has 0 bridgehead atoms. The highest BCUT2D eigenvalue weighted by atomic mass is 19.1. The number of hydrogen-bond donors (Lipinski definition) is 1. The van der Waals surface area contributed by atoms with Crippen molar-refractivity contribution in [2.24, 2.45) is 0 Å². The Hall–Kier alpha value is -1.45. The van der Waals surface area contributed by atoms with E-state index in [1.54, 1.807) is 13.2 Å². The van der Waals surface area contributed by atoms with Gasteiger partial charge in [-0.1, -0.05) is 20.3 Å².